The number of hydrogen-bond acceptors (Lipinski definition) is 4. The third-order valence-corrected chi connectivity index (χ3v) is 5.94. The van der Waals surface area contributed by atoms with Crippen molar-refractivity contribution in [2.45, 2.75) is 19.4 Å². The minimum atomic E-state index is -0.703. The first kappa shape index (κ1) is 18.4. The monoisotopic (exact) mass is 378 g/mol. The largest absolute Gasteiger partial charge is 0.481 e. The minimum Gasteiger partial charge on any atom is -0.481 e. The van der Waals surface area contributed by atoms with Crippen molar-refractivity contribution in [3.05, 3.63) is 46.3 Å². The first-order valence-corrected chi connectivity index (χ1v) is 9.81. The molecule has 0 amide bonds. The average Bonchev–Trinajstić information content (AvgIpc) is 3.05. The molecule has 0 aliphatic carbocycles. The van der Waals surface area contributed by atoms with Crippen LogP contribution in [-0.4, -0.2) is 53.6 Å². The topological polar surface area (TPSA) is 43.8 Å². The van der Waals surface area contributed by atoms with E-state index in [-0.39, 0.29) is 6.42 Å². The van der Waals surface area contributed by atoms with Crippen molar-refractivity contribution in [3.63, 3.8) is 0 Å². The number of rotatable bonds is 7. The third-order valence-electron chi connectivity index (χ3n) is 4.51. The maximum atomic E-state index is 10.6. The second kappa shape index (κ2) is 8.81. The predicted molar refractivity (Wildman–Crippen MR) is 103 cm³/mol. The summed E-state index contributed by atoms with van der Waals surface area (Å²) in [5, 5.41) is 9.51. The number of carboxylic acids is 1. The molecule has 4 nitrogen and oxygen atoms in total. The Morgan fingerprint density at radius 2 is 1.80 bits per heavy atom. The molecule has 0 unspecified atom stereocenters. The van der Waals surface area contributed by atoms with Crippen LogP contribution in [0.5, 0.6) is 0 Å². The van der Waals surface area contributed by atoms with Crippen molar-refractivity contribution in [2.24, 2.45) is 0 Å². The summed E-state index contributed by atoms with van der Waals surface area (Å²) >= 11 is 8.10. The first-order chi connectivity index (χ1) is 12.1. The van der Waals surface area contributed by atoms with E-state index in [0.29, 0.717) is 0 Å². The summed E-state index contributed by atoms with van der Waals surface area (Å²) in [6.45, 7) is 5.96. The molecule has 0 radical (unpaired) electrons. The van der Waals surface area contributed by atoms with Gasteiger partial charge in [0.1, 0.15) is 0 Å². The number of benzene rings is 1. The van der Waals surface area contributed by atoms with Crippen LogP contribution in [0.2, 0.25) is 5.02 Å². The van der Waals surface area contributed by atoms with E-state index in [1.54, 1.807) is 11.3 Å². The molecule has 1 fully saturated rings. The summed E-state index contributed by atoms with van der Waals surface area (Å²) in [5.74, 6) is -0.703. The molecule has 0 bridgehead atoms. The fourth-order valence-corrected chi connectivity index (χ4v) is 4.50. The summed E-state index contributed by atoms with van der Waals surface area (Å²) in [6.07, 6.45) is 1.00. The van der Waals surface area contributed by atoms with Crippen LogP contribution >= 0.6 is 22.9 Å². The molecule has 6 heteroatoms. The Labute approximate surface area is 157 Å². The molecule has 0 atom stereocenters. The van der Waals surface area contributed by atoms with Gasteiger partial charge in [-0.1, -0.05) is 29.8 Å². The standard InChI is InChI=1S/C19H23ClN2O2S/c20-17-5-2-1-4-16(17)18-8-7-15(25-18)14-22-12-10-21(11-13-22)9-3-6-19(23)24/h1-2,4-5,7-8H,3,6,9-14H2,(H,23,24). The Bertz CT molecular complexity index is 711. The number of thiophene rings is 1. The van der Waals surface area contributed by atoms with E-state index in [2.05, 4.69) is 28.0 Å². The summed E-state index contributed by atoms with van der Waals surface area (Å²) in [4.78, 5) is 18.0. The average molecular weight is 379 g/mol. The van der Waals surface area contributed by atoms with E-state index in [4.69, 9.17) is 16.7 Å². The molecular weight excluding hydrogens is 356 g/mol. The van der Waals surface area contributed by atoms with Gasteiger partial charge >= 0.3 is 5.97 Å². The zero-order valence-corrected chi connectivity index (χ0v) is 15.7. The van der Waals surface area contributed by atoms with E-state index >= 15 is 0 Å². The van der Waals surface area contributed by atoms with Gasteiger partial charge in [-0.15, -0.1) is 11.3 Å². The summed E-state index contributed by atoms with van der Waals surface area (Å²) in [7, 11) is 0. The van der Waals surface area contributed by atoms with Crippen molar-refractivity contribution in [2.75, 3.05) is 32.7 Å². The lowest BCUT2D eigenvalue weighted by molar-refractivity contribution is -0.137. The summed E-state index contributed by atoms with van der Waals surface area (Å²) < 4.78 is 0. The highest BCUT2D eigenvalue weighted by Crippen LogP contribution is 2.33. The molecule has 1 saturated heterocycles. The lowest BCUT2D eigenvalue weighted by Gasteiger charge is -2.34. The second-order valence-electron chi connectivity index (χ2n) is 6.36. The number of halogens is 1. The number of hydrogen-bond donors (Lipinski definition) is 1. The minimum absolute atomic E-state index is 0.264. The van der Waals surface area contributed by atoms with Gasteiger partial charge < -0.3 is 10.0 Å². The van der Waals surface area contributed by atoms with Crippen LogP contribution in [-0.2, 0) is 11.3 Å². The Morgan fingerprint density at radius 3 is 2.52 bits per heavy atom. The Kier molecular flexibility index (Phi) is 6.48. The van der Waals surface area contributed by atoms with Crippen molar-refractivity contribution >= 4 is 28.9 Å². The molecule has 1 aromatic carbocycles. The molecule has 25 heavy (non-hydrogen) atoms. The van der Waals surface area contributed by atoms with Crippen molar-refractivity contribution in [1.29, 1.82) is 0 Å². The van der Waals surface area contributed by atoms with Crippen LogP contribution < -0.4 is 0 Å². The van der Waals surface area contributed by atoms with Gasteiger partial charge in [0.25, 0.3) is 0 Å². The van der Waals surface area contributed by atoms with Gasteiger partial charge in [-0.05, 0) is 31.2 Å². The molecule has 1 aliphatic rings. The molecule has 2 aromatic rings. The lowest BCUT2D eigenvalue weighted by atomic mass is 10.2. The highest BCUT2D eigenvalue weighted by molar-refractivity contribution is 7.15. The van der Waals surface area contributed by atoms with Gasteiger partial charge in [-0.2, -0.15) is 0 Å². The van der Waals surface area contributed by atoms with Crippen molar-refractivity contribution in [1.82, 2.24) is 9.80 Å². The zero-order chi connectivity index (χ0) is 17.6. The van der Waals surface area contributed by atoms with Crippen LogP contribution in [0, 0.1) is 0 Å². The summed E-state index contributed by atoms with van der Waals surface area (Å²) in [5.41, 5.74) is 1.10. The van der Waals surface area contributed by atoms with Crippen LogP contribution in [0.1, 0.15) is 17.7 Å². The highest BCUT2D eigenvalue weighted by Gasteiger charge is 2.17. The van der Waals surface area contributed by atoms with Gasteiger partial charge in [-0.3, -0.25) is 9.69 Å². The van der Waals surface area contributed by atoms with E-state index < -0.39 is 5.97 Å². The Hall–Kier alpha value is -1.40. The van der Waals surface area contributed by atoms with Gasteiger partial charge in [0.2, 0.25) is 0 Å². The number of aliphatic carboxylic acids is 1. The van der Waals surface area contributed by atoms with Crippen LogP contribution in [0.4, 0.5) is 0 Å². The number of nitrogens with zero attached hydrogens (tertiary/aromatic N) is 2. The smallest absolute Gasteiger partial charge is 0.303 e. The van der Waals surface area contributed by atoms with Gasteiger partial charge in [0.15, 0.2) is 0 Å². The normalized spacial score (nSPS) is 16.2. The van der Waals surface area contributed by atoms with Crippen molar-refractivity contribution < 1.29 is 9.90 Å². The van der Waals surface area contributed by atoms with Crippen molar-refractivity contribution in [3.8, 4) is 10.4 Å². The summed E-state index contributed by atoms with van der Waals surface area (Å²) in [6, 6.07) is 12.3. The van der Waals surface area contributed by atoms with Gasteiger partial charge in [0, 0.05) is 59.5 Å². The zero-order valence-electron chi connectivity index (χ0n) is 14.2. The number of carboxylic acid groups (broad SMARTS) is 1. The van der Waals surface area contributed by atoms with Crippen LogP contribution in [0.3, 0.4) is 0 Å². The number of carbonyl (C=O) groups is 1. The number of piperazine rings is 1. The van der Waals surface area contributed by atoms with E-state index in [1.165, 1.54) is 9.75 Å². The lowest BCUT2D eigenvalue weighted by Crippen LogP contribution is -2.46. The molecule has 1 aliphatic heterocycles. The molecule has 0 spiro atoms. The Morgan fingerprint density at radius 1 is 1.08 bits per heavy atom. The quantitative estimate of drug-likeness (QED) is 0.789. The highest BCUT2D eigenvalue weighted by atomic mass is 35.5. The van der Waals surface area contributed by atoms with Crippen LogP contribution in [0.25, 0.3) is 10.4 Å². The molecule has 3 rings (SSSR count). The van der Waals surface area contributed by atoms with Crippen LogP contribution in [0.15, 0.2) is 36.4 Å². The SMILES string of the molecule is O=C(O)CCCN1CCN(Cc2ccc(-c3ccccc3Cl)s2)CC1. The third kappa shape index (κ3) is 5.28. The Balaban J connectivity index is 1.48. The molecule has 0 saturated carbocycles. The van der Waals surface area contributed by atoms with E-state index in [0.717, 1.165) is 56.3 Å². The second-order valence-corrected chi connectivity index (χ2v) is 7.94. The first-order valence-electron chi connectivity index (χ1n) is 8.62. The van der Waals surface area contributed by atoms with Gasteiger partial charge in [-0.25, -0.2) is 0 Å². The maximum absolute atomic E-state index is 10.6. The molecular formula is C19H23ClN2O2S. The van der Waals surface area contributed by atoms with E-state index in [9.17, 15) is 4.79 Å². The molecule has 1 aromatic heterocycles. The maximum Gasteiger partial charge on any atom is 0.303 e. The van der Waals surface area contributed by atoms with E-state index in [1.807, 2.05) is 18.2 Å². The molecule has 2 heterocycles. The fourth-order valence-electron chi connectivity index (χ4n) is 3.11. The molecule has 1 N–H and O–H groups in total. The fraction of sp³-hybridized carbons (Fsp3) is 0.421. The van der Waals surface area contributed by atoms with Gasteiger partial charge in [0.05, 0.1) is 0 Å². The predicted octanol–water partition coefficient (Wildman–Crippen LogP) is 4.05. The molecule has 134 valence electrons.